The summed E-state index contributed by atoms with van der Waals surface area (Å²) in [6, 6.07) is 6.36. The molecule has 0 saturated carbocycles. The minimum absolute atomic E-state index is 0.169. The second-order valence-electron chi connectivity index (χ2n) is 4.19. The first kappa shape index (κ1) is 13.6. The number of methoxy groups -OCH3 is 1. The molecular weight excluding hydrogens is 210 g/mol. The van der Waals surface area contributed by atoms with Gasteiger partial charge in [-0.25, -0.2) is 0 Å². The number of aryl methyl sites for hydroxylation is 1. The molecule has 0 aliphatic carbocycles. The Morgan fingerprint density at radius 1 is 1.47 bits per heavy atom. The maximum Gasteiger partial charge on any atom is 0.121 e. The molecule has 1 unspecified atom stereocenters. The minimum Gasteiger partial charge on any atom is -0.496 e. The van der Waals surface area contributed by atoms with Crippen molar-refractivity contribution in [3.8, 4) is 18.1 Å². The van der Waals surface area contributed by atoms with Gasteiger partial charge in [-0.2, -0.15) is 0 Å². The molecule has 0 saturated heterocycles. The molecule has 0 aromatic heterocycles. The molecule has 2 heteroatoms. The van der Waals surface area contributed by atoms with Crippen LogP contribution in [0.25, 0.3) is 0 Å². The number of rotatable bonds is 6. The minimum atomic E-state index is 0.169. The Kier molecular flexibility index (Phi) is 5.59. The van der Waals surface area contributed by atoms with Gasteiger partial charge >= 0.3 is 0 Å². The highest BCUT2D eigenvalue weighted by molar-refractivity contribution is 5.36. The zero-order valence-electron chi connectivity index (χ0n) is 10.9. The van der Waals surface area contributed by atoms with E-state index in [2.05, 4.69) is 30.3 Å². The van der Waals surface area contributed by atoms with Gasteiger partial charge < -0.3 is 4.74 Å². The van der Waals surface area contributed by atoms with Crippen molar-refractivity contribution in [2.24, 2.45) is 0 Å². The number of hydrogen-bond donors (Lipinski definition) is 1. The Hall–Kier alpha value is -1.46. The van der Waals surface area contributed by atoms with Crippen LogP contribution in [0.2, 0.25) is 0 Å². The molecule has 17 heavy (non-hydrogen) atoms. The lowest BCUT2D eigenvalue weighted by molar-refractivity contribution is 0.411. The van der Waals surface area contributed by atoms with Crippen molar-refractivity contribution in [2.75, 3.05) is 7.11 Å². The van der Waals surface area contributed by atoms with E-state index >= 15 is 0 Å². The Balaban J connectivity index is 2.58. The van der Waals surface area contributed by atoms with Gasteiger partial charge in [0.15, 0.2) is 0 Å². The molecule has 2 nitrogen and oxygen atoms in total. The summed E-state index contributed by atoms with van der Waals surface area (Å²) in [5.74, 6) is 3.70. The van der Waals surface area contributed by atoms with E-state index in [4.69, 9.17) is 11.2 Å². The van der Waals surface area contributed by atoms with Crippen molar-refractivity contribution < 1.29 is 4.74 Å². The highest BCUT2D eigenvalue weighted by Crippen LogP contribution is 2.18. The number of nitrogens with one attached hydrogen (secondary N) is 1. The van der Waals surface area contributed by atoms with Crippen molar-refractivity contribution in [1.29, 1.82) is 0 Å². The summed E-state index contributed by atoms with van der Waals surface area (Å²) in [7, 11) is 1.69. The largest absolute Gasteiger partial charge is 0.496 e. The molecule has 0 aliphatic heterocycles. The van der Waals surface area contributed by atoms with Gasteiger partial charge in [-0.15, -0.1) is 6.42 Å². The maximum atomic E-state index is 5.47. The highest BCUT2D eigenvalue weighted by Gasteiger charge is 2.04. The Morgan fingerprint density at radius 3 is 2.76 bits per heavy atom. The normalized spacial score (nSPS) is 11.9. The molecule has 1 atom stereocenters. The van der Waals surface area contributed by atoms with Gasteiger partial charge in [-0.05, 0) is 30.5 Å². The number of ether oxygens (including phenoxy) is 1. The van der Waals surface area contributed by atoms with E-state index in [1.165, 1.54) is 5.56 Å². The molecule has 0 spiro atoms. The van der Waals surface area contributed by atoms with E-state index in [1.807, 2.05) is 13.0 Å². The molecule has 92 valence electrons. The van der Waals surface area contributed by atoms with Crippen LogP contribution in [0.3, 0.4) is 0 Å². The van der Waals surface area contributed by atoms with Crippen LogP contribution in [0.5, 0.6) is 5.75 Å². The maximum absolute atomic E-state index is 5.47. The van der Waals surface area contributed by atoms with E-state index in [1.54, 1.807) is 7.11 Å². The molecule has 0 amide bonds. The topological polar surface area (TPSA) is 21.3 Å². The van der Waals surface area contributed by atoms with Gasteiger partial charge in [0.1, 0.15) is 5.75 Å². The molecule has 0 radical (unpaired) electrons. The quantitative estimate of drug-likeness (QED) is 0.760. The van der Waals surface area contributed by atoms with E-state index in [0.29, 0.717) is 0 Å². The van der Waals surface area contributed by atoms with Crippen molar-refractivity contribution in [1.82, 2.24) is 5.32 Å². The summed E-state index contributed by atoms with van der Waals surface area (Å²) in [5, 5.41) is 3.37. The third kappa shape index (κ3) is 4.13. The molecule has 0 heterocycles. The molecule has 0 fully saturated rings. The SMILES string of the molecule is C#CC(CCC)NCc1ccc(OC)c(C)c1. The zero-order chi connectivity index (χ0) is 12.7. The fraction of sp³-hybridized carbons (Fsp3) is 0.467. The van der Waals surface area contributed by atoms with Crippen molar-refractivity contribution in [3.63, 3.8) is 0 Å². The van der Waals surface area contributed by atoms with Crippen LogP contribution < -0.4 is 10.1 Å². The fourth-order valence-electron chi connectivity index (χ4n) is 1.82. The number of hydrogen-bond acceptors (Lipinski definition) is 2. The summed E-state index contributed by atoms with van der Waals surface area (Å²) in [6.45, 7) is 5.00. The summed E-state index contributed by atoms with van der Waals surface area (Å²) in [5.41, 5.74) is 2.39. The fourth-order valence-corrected chi connectivity index (χ4v) is 1.82. The molecule has 0 bridgehead atoms. The number of terminal acetylenes is 1. The molecule has 1 aromatic carbocycles. The highest BCUT2D eigenvalue weighted by atomic mass is 16.5. The lowest BCUT2D eigenvalue weighted by atomic mass is 10.1. The second kappa shape index (κ2) is 6.98. The van der Waals surface area contributed by atoms with Gasteiger partial charge in [-0.3, -0.25) is 5.32 Å². The zero-order valence-corrected chi connectivity index (χ0v) is 10.9. The van der Waals surface area contributed by atoms with E-state index in [0.717, 1.165) is 30.7 Å². The van der Waals surface area contributed by atoms with Crippen LogP contribution in [0.1, 0.15) is 30.9 Å². The Morgan fingerprint density at radius 2 is 2.24 bits per heavy atom. The van der Waals surface area contributed by atoms with E-state index in [-0.39, 0.29) is 6.04 Å². The average molecular weight is 231 g/mol. The molecule has 1 rings (SSSR count). The predicted octanol–water partition coefficient (Wildman–Crippen LogP) is 2.90. The van der Waals surface area contributed by atoms with Crippen molar-refractivity contribution >= 4 is 0 Å². The van der Waals surface area contributed by atoms with Gasteiger partial charge in [0, 0.05) is 6.54 Å². The van der Waals surface area contributed by atoms with E-state index in [9.17, 15) is 0 Å². The van der Waals surface area contributed by atoms with Crippen LogP contribution in [-0.2, 0) is 6.54 Å². The van der Waals surface area contributed by atoms with Crippen LogP contribution in [0.4, 0.5) is 0 Å². The van der Waals surface area contributed by atoms with E-state index < -0.39 is 0 Å². The summed E-state index contributed by atoms with van der Waals surface area (Å²) in [6.07, 6.45) is 7.59. The first-order chi connectivity index (χ1) is 8.21. The van der Waals surface area contributed by atoms with Gasteiger partial charge in [0.25, 0.3) is 0 Å². The summed E-state index contributed by atoms with van der Waals surface area (Å²) in [4.78, 5) is 0. The van der Waals surface area contributed by atoms with Gasteiger partial charge in [-0.1, -0.05) is 31.4 Å². The molecule has 0 aliphatic rings. The van der Waals surface area contributed by atoms with Crippen LogP contribution in [-0.4, -0.2) is 13.2 Å². The third-order valence-corrected chi connectivity index (χ3v) is 2.79. The monoisotopic (exact) mass is 231 g/mol. The van der Waals surface area contributed by atoms with Gasteiger partial charge in [0.2, 0.25) is 0 Å². The van der Waals surface area contributed by atoms with Crippen molar-refractivity contribution in [3.05, 3.63) is 29.3 Å². The molecule has 1 N–H and O–H groups in total. The third-order valence-electron chi connectivity index (χ3n) is 2.79. The average Bonchev–Trinajstić information content (AvgIpc) is 2.34. The number of benzene rings is 1. The van der Waals surface area contributed by atoms with Crippen molar-refractivity contribution in [2.45, 2.75) is 39.3 Å². The standard InChI is InChI=1S/C15H21NO/c1-5-7-14(6-2)16-11-13-8-9-15(17-4)12(3)10-13/h2,8-10,14,16H,5,7,11H2,1,3-4H3. The summed E-state index contributed by atoms with van der Waals surface area (Å²) >= 11 is 0. The first-order valence-corrected chi connectivity index (χ1v) is 6.04. The lowest BCUT2D eigenvalue weighted by Gasteiger charge is -2.13. The first-order valence-electron chi connectivity index (χ1n) is 6.04. The molecule has 1 aromatic rings. The second-order valence-corrected chi connectivity index (χ2v) is 4.19. The summed E-state index contributed by atoms with van der Waals surface area (Å²) < 4.78 is 5.23. The van der Waals surface area contributed by atoms with Gasteiger partial charge in [0.05, 0.1) is 13.2 Å². The Labute approximate surface area is 104 Å². The smallest absolute Gasteiger partial charge is 0.121 e. The van der Waals surface area contributed by atoms with Crippen LogP contribution in [0, 0.1) is 19.3 Å². The van der Waals surface area contributed by atoms with Crippen LogP contribution >= 0.6 is 0 Å². The Bertz CT molecular complexity index is 392. The molecular formula is C15H21NO. The lowest BCUT2D eigenvalue weighted by Crippen LogP contribution is -2.26. The van der Waals surface area contributed by atoms with Crippen LogP contribution in [0.15, 0.2) is 18.2 Å². The predicted molar refractivity (Wildman–Crippen MR) is 72.1 cm³/mol.